The van der Waals surface area contributed by atoms with Crippen LogP contribution in [0.1, 0.15) is 27.7 Å². The van der Waals surface area contributed by atoms with Crippen molar-refractivity contribution in [1.29, 1.82) is 0 Å². The van der Waals surface area contributed by atoms with Gasteiger partial charge in [-0.1, -0.05) is 30.3 Å². The number of nitrogens with zero attached hydrogens (tertiary/aromatic N) is 2. The van der Waals surface area contributed by atoms with E-state index in [1.54, 1.807) is 49.1 Å². The summed E-state index contributed by atoms with van der Waals surface area (Å²) in [6, 6.07) is 8.23. The Kier molecular flexibility index (Phi) is 3.75. The Hall–Kier alpha value is -2.43. The standard InChI is InChI=1S/C14H14N3O2/c1-10-12(8-17(2)16-10)14(19)15-13(9-18)11-6-4-3-5-7-11/h3-8,13H,1-2H3,(H,15,19). The van der Waals surface area contributed by atoms with E-state index in [-0.39, 0.29) is 5.91 Å². The number of aromatic nitrogens is 2. The molecule has 5 nitrogen and oxygen atoms in total. The molecule has 1 N–H and O–H groups in total. The zero-order valence-corrected chi connectivity index (χ0v) is 10.8. The first-order chi connectivity index (χ1) is 9.11. The maximum Gasteiger partial charge on any atom is 0.255 e. The molecule has 1 aromatic carbocycles. The van der Waals surface area contributed by atoms with Crippen LogP contribution in [0.15, 0.2) is 36.5 Å². The molecule has 0 spiro atoms. The minimum absolute atomic E-state index is 0.331. The van der Waals surface area contributed by atoms with Gasteiger partial charge >= 0.3 is 0 Å². The summed E-state index contributed by atoms with van der Waals surface area (Å²) in [6.45, 7) is 1.75. The molecular formula is C14H14N3O2. The fourth-order valence-electron chi connectivity index (χ4n) is 1.86. The fourth-order valence-corrected chi connectivity index (χ4v) is 1.86. The number of carbonyl (C=O) groups is 1. The maximum absolute atomic E-state index is 12.1. The van der Waals surface area contributed by atoms with E-state index in [2.05, 4.69) is 10.4 Å². The molecular weight excluding hydrogens is 242 g/mol. The summed E-state index contributed by atoms with van der Waals surface area (Å²) < 4.78 is 1.56. The number of carbonyl (C=O) groups excluding carboxylic acids is 2. The lowest BCUT2D eigenvalue weighted by Crippen LogP contribution is -2.29. The predicted octanol–water partition coefficient (Wildman–Crippen LogP) is 1.31. The first-order valence-corrected chi connectivity index (χ1v) is 5.85. The summed E-state index contributed by atoms with van der Waals surface area (Å²) in [5, 5.41) is 6.73. The van der Waals surface area contributed by atoms with Gasteiger partial charge in [0.05, 0.1) is 11.3 Å². The zero-order chi connectivity index (χ0) is 13.8. The molecule has 1 unspecified atom stereocenters. The lowest BCUT2D eigenvalue weighted by molar-refractivity contribution is 0.0945. The molecule has 2 rings (SSSR count). The van der Waals surface area contributed by atoms with Gasteiger partial charge in [-0.05, 0) is 12.5 Å². The van der Waals surface area contributed by atoms with E-state index in [0.717, 1.165) is 0 Å². The first kappa shape index (κ1) is 13.0. The third-order valence-corrected chi connectivity index (χ3v) is 2.78. The van der Waals surface area contributed by atoms with Gasteiger partial charge < -0.3 is 5.32 Å². The first-order valence-electron chi connectivity index (χ1n) is 5.85. The second kappa shape index (κ2) is 5.48. The Morgan fingerprint density at radius 2 is 2.05 bits per heavy atom. The van der Waals surface area contributed by atoms with E-state index in [9.17, 15) is 9.59 Å². The van der Waals surface area contributed by atoms with Crippen LogP contribution in [-0.4, -0.2) is 22.0 Å². The maximum atomic E-state index is 12.1. The predicted molar refractivity (Wildman–Crippen MR) is 70.3 cm³/mol. The zero-order valence-electron chi connectivity index (χ0n) is 10.8. The van der Waals surface area contributed by atoms with E-state index >= 15 is 0 Å². The highest BCUT2D eigenvalue weighted by atomic mass is 16.2. The quantitative estimate of drug-likeness (QED) is 0.897. The number of amides is 1. The number of nitrogens with one attached hydrogen (secondary N) is 1. The van der Waals surface area contributed by atoms with Crippen LogP contribution < -0.4 is 5.32 Å². The SMILES string of the molecule is Cc1nn(C)cc1C(=O)NC([C]=O)c1ccccc1. The normalized spacial score (nSPS) is 11.9. The minimum Gasteiger partial charge on any atom is -0.338 e. The second-order valence-corrected chi connectivity index (χ2v) is 4.24. The van der Waals surface area contributed by atoms with Gasteiger partial charge in [0.15, 0.2) is 0 Å². The number of rotatable bonds is 4. The van der Waals surface area contributed by atoms with Crippen LogP contribution in [-0.2, 0) is 11.8 Å². The Balaban J connectivity index is 2.17. The van der Waals surface area contributed by atoms with Crippen molar-refractivity contribution in [2.24, 2.45) is 7.05 Å². The summed E-state index contributed by atoms with van der Waals surface area (Å²) in [6.07, 6.45) is 3.46. The molecule has 19 heavy (non-hydrogen) atoms. The Morgan fingerprint density at radius 3 is 2.58 bits per heavy atom. The molecule has 97 valence electrons. The van der Waals surface area contributed by atoms with Crippen LogP contribution >= 0.6 is 0 Å². The van der Waals surface area contributed by atoms with Crippen molar-refractivity contribution in [3.8, 4) is 0 Å². The molecule has 0 aliphatic heterocycles. The van der Waals surface area contributed by atoms with Gasteiger partial charge in [-0.15, -0.1) is 0 Å². The van der Waals surface area contributed by atoms with Gasteiger partial charge in [-0.25, -0.2) is 0 Å². The molecule has 0 saturated heterocycles. The highest BCUT2D eigenvalue weighted by Gasteiger charge is 2.18. The summed E-state index contributed by atoms with van der Waals surface area (Å²) in [5.41, 5.74) is 1.78. The van der Waals surface area contributed by atoms with Crippen molar-refractivity contribution in [2.75, 3.05) is 0 Å². The molecule has 1 heterocycles. The van der Waals surface area contributed by atoms with E-state index in [4.69, 9.17) is 0 Å². The molecule has 0 aliphatic carbocycles. The number of hydrogen-bond donors (Lipinski definition) is 1. The molecule has 2 aromatic rings. The average Bonchev–Trinajstić information content (AvgIpc) is 2.76. The third-order valence-electron chi connectivity index (χ3n) is 2.78. The van der Waals surface area contributed by atoms with Crippen LogP contribution in [0, 0.1) is 6.92 Å². The van der Waals surface area contributed by atoms with E-state index in [1.807, 2.05) is 12.4 Å². The topological polar surface area (TPSA) is 64.0 Å². The third kappa shape index (κ3) is 2.88. The van der Waals surface area contributed by atoms with Crippen LogP contribution in [0.25, 0.3) is 0 Å². The van der Waals surface area contributed by atoms with Gasteiger partial charge in [-0.3, -0.25) is 14.3 Å². The van der Waals surface area contributed by atoms with Crippen LogP contribution in [0.3, 0.4) is 0 Å². The monoisotopic (exact) mass is 256 g/mol. The Morgan fingerprint density at radius 1 is 1.37 bits per heavy atom. The summed E-state index contributed by atoms with van der Waals surface area (Å²) >= 11 is 0. The van der Waals surface area contributed by atoms with Gasteiger partial charge in [0, 0.05) is 13.2 Å². The van der Waals surface area contributed by atoms with Crippen molar-refractivity contribution in [3.63, 3.8) is 0 Å². The molecule has 1 radical (unpaired) electrons. The Labute approximate surface area is 111 Å². The van der Waals surface area contributed by atoms with E-state index in [1.165, 1.54) is 0 Å². The largest absolute Gasteiger partial charge is 0.338 e. The van der Waals surface area contributed by atoms with Crippen molar-refractivity contribution < 1.29 is 9.59 Å². The molecule has 0 bridgehead atoms. The second-order valence-electron chi connectivity index (χ2n) is 4.24. The van der Waals surface area contributed by atoms with Gasteiger partial charge in [-0.2, -0.15) is 5.10 Å². The van der Waals surface area contributed by atoms with E-state index in [0.29, 0.717) is 16.8 Å². The van der Waals surface area contributed by atoms with Crippen LogP contribution in [0.2, 0.25) is 0 Å². The molecule has 1 aromatic heterocycles. The average molecular weight is 256 g/mol. The molecule has 5 heteroatoms. The molecule has 0 aliphatic rings. The van der Waals surface area contributed by atoms with Crippen molar-refractivity contribution in [2.45, 2.75) is 13.0 Å². The van der Waals surface area contributed by atoms with Gasteiger partial charge in [0.2, 0.25) is 6.29 Å². The smallest absolute Gasteiger partial charge is 0.255 e. The van der Waals surface area contributed by atoms with Crippen molar-refractivity contribution in [3.05, 3.63) is 53.3 Å². The lowest BCUT2D eigenvalue weighted by atomic mass is 10.1. The van der Waals surface area contributed by atoms with Crippen molar-refractivity contribution >= 4 is 12.2 Å². The summed E-state index contributed by atoms with van der Waals surface area (Å²) in [4.78, 5) is 23.1. The fraction of sp³-hybridized carbons (Fsp3) is 0.214. The molecule has 0 saturated carbocycles. The van der Waals surface area contributed by atoms with Crippen LogP contribution in [0.4, 0.5) is 0 Å². The number of aryl methyl sites for hydroxylation is 2. The van der Waals surface area contributed by atoms with E-state index < -0.39 is 6.04 Å². The van der Waals surface area contributed by atoms with Gasteiger partial charge in [0.25, 0.3) is 5.91 Å². The summed E-state index contributed by atoms with van der Waals surface area (Å²) in [7, 11) is 1.74. The Bertz CT molecular complexity index is 590. The highest BCUT2D eigenvalue weighted by Crippen LogP contribution is 2.12. The molecule has 1 atom stereocenters. The summed E-state index contributed by atoms with van der Waals surface area (Å²) in [5.74, 6) is -0.331. The number of hydrogen-bond acceptors (Lipinski definition) is 3. The molecule has 1 amide bonds. The van der Waals surface area contributed by atoms with Crippen molar-refractivity contribution in [1.82, 2.24) is 15.1 Å². The minimum atomic E-state index is -0.770. The van der Waals surface area contributed by atoms with Gasteiger partial charge in [0.1, 0.15) is 6.04 Å². The highest BCUT2D eigenvalue weighted by molar-refractivity contribution is 5.96. The lowest BCUT2D eigenvalue weighted by Gasteiger charge is -2.11. The van der Waals surface area contributed by atoms with Crippen LogP contribution in [0.5, 0.6) is 0 Å². The number of benzene rings is 1. The molecule has 0 fully saturated rings.